The first-order valence-corrected chi connectivity index (χ1v) is 13.1. The molecule has 5 heteroatoms. The Hall–Kier alpha value is -3.86. The minimum Gasteiger partial charge on any atom is -0.497 e. The Balaban J connectivity index is 1.41. The molecule has 1 aliphatic heterocycles. The number of esters is 1. The molecule has 0 unspecified atom stereocenters. The first-order valence-electron chi connectivity index (χ1n) is 13.1. The molecule has 1 heterocycles. The quantitative estimate of drug-likeness (QED) is 0.147. The summed E-state index contributed by atoms with van der Waals surface area (Å²) in [7, 11) is 3.17. The average Bonchev–Trinajstić information content (AvgIpc) is 3.31. The molecule has 0 aromatic heterocycles. The van der Waals surface area contributed by atoms with E-state index in [1.807, 2.05) is 30.3 Å². The van der Waals surface area contributed by atoms with Crippen molar-refractivity contribution in [2.24, 2.45) is 4.99 Å². The molecule has 0 saturated heterocycles. The van der Waals surface area contributed by atoms with Gasteiger partial charge in [0.1, 0.15) is 11.5 Å². The molecule has 0 N–H and O–H groups in total. The molecule has 0 bridgehead atoms. The minimum absolute atomic E-state index is 0.225. The van der Waals surface area contributed by atoms with Crippen LogP contribution in [0.25, 0.3) is 17.2 Å². The van der Waals surface area contributed by atoms with Gasteiger partial charge in [0.2, 0.25) is 5.90 Å². The molecule has 0 fully saturated rings. The number of hydrogen-bond acceptors (Lipinski definition) is 5. The van der Waals surface area contributed by atoms with Crippen LogP contribution in [0.15, 0.2) is 77.4 Å². The zero-order chi connectivity index (χ0) is 26.0. The topological polar surface area (TPSA) is 57.1 Å². The molecule has 0 spiro atoms. The van der Waals surface area contributed by atoms with Crippen molar-refractivity contribution in [3.63, 3.8) is 0 Å². The van der Waals surface area contributed by atoms with Gasteiger partial charge >= 0.3 is 5.97 Å². The van der Waals surface area contributed by atoms with Gasteiger partial charge in [0.05, 0.1) is 14.2 Å². The average molecular weight is 498 g/mol. The number of aliphatic imine (C=N–C) groups is 1. The van der Waals surface area contributed by atoms with E-state index in [1.165, 1.54) is 44.1 Å². The van der Waals surface area contributed by atoms with Gasteiger partial charge in [0.25, 0.3) is 0 Å². The number of nitrogens with zero attached hydrogens (tertiary/aromatic N) is 1. The number of carbonyl (C=O) groups is 1. The number of benzene rings is 3. The van der Waals surface area contributed by atoms with E-state index in [0.717, 1.165) is 28.7 Å². The Morgan fingerprint density at radius 2 is 1.43 bits per heavy atom. The van der Waals surface area contributed by atoms with Crippen LogP contribution in [0.3, 0.4) is 0 Å². The molecule has 0 saturated carbocycles. The molecule has 192 valence electrons. The second-order valence-electron chi connectivity index (χ2n) is 9.24. The van der Waals surface area contributed by atoms with Crippen LogP contribution in [0.2, 0.25) is 0 Å². The normalized spacial score (nSPS) is 14.0. The molecule has 0 aliphatic carbocycles. The first kappa shape index (κ1) is 26.2. The SMILES string of the molecule is CCCCCCCCc1ccc(-c2ccc(C3=NC(=Cc4ccc(OC)cc4OC)C(=O)O3)cc2)cc1. The van der Waals surface area contributed by atoms with Crippen LogP contribution in [0.1, 0.15) is 62.1 Å². The van der Waals surface area contributed by atoms with Gasteiger partial charge in [-0.15, -0.1) is 0 Å². The standard InChI is InChI=1S/C32H35NO4/c1-4-5-6-7-8-9-10-23-11-13-24(14-12-23)25-15-17-26(18-16-25)31-33-29(32(34)37-31)21-27-19-20-28(35-2)22-30(27)36-3/h11-22H,4-10H2,1-3H3. The van der Waals surface area contributed by atoms with Gasteiger partial charge in [-0.05, 0) is 59.9 Å². The van der Waals surface area contributed by atoms with Gasteiger partial charge in [-0.25, -0.2) is 9.79 Å². The Morgan fingerprint density at radius 3 is 2.11 bits per heavy atom. The second-order valence-corrected chi connectivity index (χ2v) is 9.24. The molecular weight excluding hydrogens is 462 g/mol. The summed E-state index contributed by atoms with van der Waals surface area (Å²) in [4.78, 5) is 16.9. The van der Waals surface area contributed by atoms with Crippen LogP contribution >= 0.6 is 0 Å². The third-order valence-corrected chi connectivity index (χ3v) is 6.59. The monoisotopic (exact) mass is 497 g/mol. The summed E-state index contributed by atoms with van der Waals surface area (Å²) in [6.45, 7) is 2.25. The Bertz CT molecular complexity index is 1260. The van der Waals surface area contributed by atoms with E-state index >= 15 is 0 Å². The summed E-state index contributed by atoms with van der Waals surface area (Å²) in [5, 5.41) is 0. The molecule has 37 heavy (non-hydrogen) atoms. The van der Waals surface area contributed by atoms with Crippen LogP contribution in [-0.2, 0) is 16.0 Å². The smallest absolute Gasteiger partial charge is 0.363 e. The van der Waals surface area contributed by atoms with Crippen LogP contribution < -0.4 is 9.47 Å². The van der Waals surface area contributed by atoms with Crippen molar-refractivity contribution >= 4 is 17.9 Å². The zero-order valence-corrected chi connectivity index (χ0v) is 22.0. The van der Waals surface area contributed by atoms with Gasteiger partial charge in [-0.1, -0.05) is 75.4 Å². The molecule has 1 aliphatic rings. The van der Waals surface area contributed by atoms with E-state index in [9.17, 15) is 4.79 Å². The van der Waals surface area contributed by atoms with E-state index in [2.05, 4.69) is 36.2 Å². The number of rotatable bonds is 12. The summed E-state index contributed by atoms with van der Waals surface area (Å²) in [6, 6.07) is 22.1. The lowest BCUT2D eigenvalue weighted by molar-refractivity contribution is -0.129. The summed E-state index contributed by atoms with van der Waals surface area (Å²) >= 11 is 0. The minimum atomic E-state index is -0.488. The fourth-order valence-electron chi connectivity index (χ4n) is 4.40. The maximum Gasteiger partial charge on any atom is 0.363 e. The summed E-state index contributed by atoms with van der Waals surface area (Å²) < 4.78 is 16.1. The highest BCUT2D eigenvalue weighted by molar-refractivity contribution is 6.13. The van der Waals surface area contributed by atoms with Crippen molar-refractivity contribution in [3.05, 3.63) is 89.1 Å². The number of aryl methyl sites for hydroxylation is 1. The van der Waals surface area contributed by atoms with Crippen molar-refractivity contribution in [1.29, 1.82) is 0 Å². The lowest BCUT2D eigenvalue weighted by Crippen LogP contribution is -2.05. The summed E-state index contributed by atoms with van der Waals surface area (Å²) in [5.41, 5.74) is 5.35. The summed E-state index contributed by atoms with van der Waals surface area (Å²) in [6.07, 6.45) is 10.7. The van der Waals surface area contributed by atoms with Gasteiger partial charge in [-0.3, -0.25) is 0 Å². The number of hydrogen-bond donors (Lipinski definition) is 0. The maximum absolute atomic E-state index is 12.5. The zero-order valence-electron chi connectivity index (χ0n) is 22.0. The maximum atomic E-state index is 12.5. The molecule has 3 aromatic rings. The molecule has 0 amide bonds. The third kappa shape index (κ3) is 6.88. The molecule has 4 rings (SSSR count). The van der Waals surface area contributed by atoms with Crippen molar-refractivity contribution in [1.82, 2.24) is 0 Å². The Labute approximate surface area is 219 Å². The van der Waals surface area contributed by atoms with Crippen molar-refractivity contribution < 1.29 is 19.0 Å². The highest BCUT2D eigenvalue weighted by atomic mass is 16.6. The fraction of sp³-hybridized carbons (Fsp3) is 0.312. The van der Waals surface area contributed by atoms with Gasteiger partial charge < -0.3 is 14.2 Å². The lowest BCUT2D eigenvalue weighted by Gasteiger charge is -2.07. The predicted octanol–water partition coefficient (Wildman–Crippen LogP) is 7.62. The van der Waals surface area contributed by atoms with E-state index in [4.69, 9.17) is 14.2 Å². The Morgan fingerprint density at radius 1 is 0.784 bits per heavy atom. The largest absolute Gasteiger partial charge is 0.497 e. The number of carbonyl (C=O) groups excluding carboxylic acids is 1. The molecular formula is C32H35NO4. The van der Waals surface area contributed by atoms with E-state index in [0.29, 0.717) is 17.4 Å². The van der Waals surface area contributed by atoms with E-state index in [-0.39, 0.29) is 5.70 Å². The van der Waals surface area contributed by atoms with Gasteiger partial charge in [0, 0.05) is 17.2 Å². The number of ether oxygens (including phenoxy) is 3. The lowest BCUT2D eigenvalue weighted by atomic mass is 10.00. The van der Waals surface area contributed by atoms with Crippen molar-refractivity contribution in [2.45, 2.75) is 51.9 Å². The highest BCUT2D eigenvalue weighted by Crippen LogP contribution is 2.29. The number of methoxy groups -OCH3 is 2. The van der Waals surface area contributed by atoms with Crippen molar-refractivity contribution in [3.8, 4) is 22.6 Å². The van der Waals surface area contributed by atoms with Crippen LogP contribution in [0.4, 0.5) is 0 Å². The number of cyclic esters (lactones) is 1. The van der Waals surface area contributed by atoms with Gasteiger partial charge in [0.15, 0.2) is 5.70 Å². The van der Waals surface area contributed by atoms with E-state index < -0.39 is 5.97 Å². The highest BCUT2D eigenvalue weighted by Gasteiger charge is 2.24. The van der Waals surface area contributed by atoms with E-state index in [1.54, 1.807) is 32.4 Å². The molecule has 5 nitrogen and oxygen atoms in total. The molecule has 0 atom stereocenters. The van der Waals surface area contributed by atoms with Crippen molar-refractivity contribution in [2.75, 3.05) is 14.2 Å². The fourth-order valence-corrected chi connectivity index (χ4v) is 4.40. The number of unbranched alkanes of at least 4 members (excludes halogenated alkanes) is 5. The van der Waals surface area contributed by atoms with Crippen LogP contribution in [0, 0.1) is 0 Å². The second kappa shape index (κ2) is 12.9. The first-order chi connectivity index (χ1) is 18.1. The Kier molecular flexibility index (Phi) is 9.14. The van der Waals surface area contributed by atoms with Gasteiger partial charge in [-0.2, -0.15) is 0 Å². The molecule has 0 radical (unpaired) electrons. The van der Waals surface area contributed by atoms with Crippen LogP contribution in [-0.4, -0.2) is 26.1 Å². The third-order valence-electron chi connectivity index (χ3n) is 6.59. The van der Waals surface area contributed by atoms with Crippen LogP contribution in [0.5, 0.6) is 11.5 Å². The summed E-state index contributed by atoms with van der Waals surface area (Å²) in [5.74, 6) is 1.07. The predicted molar refractivity (Wildman–Crippen MR) is 149 cm³/mol. The molecule has 3 aromatic carbocycles.